The van der Waals surface area contributed by atoms with E-state index in [1.54, 1.807) is 0 Å². The van der Waals surface area contributed by atoms with E-state index >= 15 is 0 Å². The second-order valence-electron chi connectivity index (χ2n) is 14.4. The van der Waals surface area contributed by atoms with Crippen molar-refractivity contribution in [2.75, 3.05) is 13.2 Å². The number of unbranched alkanes of at least 4 members (excludes halogenated alkanes) is 23. The van der Waals surface area contributed by atoms with Crippen LogP contribution in [0.5, 0.6) is 0 Å². The molecule has 1 atom stereocenters. The second-order valence-corrected chi connectivity index (χ2v) is 14.4. The molecule has 51 heavy (non-hydrogen) atoms. The molecule has 0 aromatic rings. The normalized spacial score (nSPS) is 12.6. The summed E-state index contributed by atoms with van der Waals surface area (Å²) in [5.41, 5.74) is 0. The van der Waals surface area contributed by atoms with Crippen molar-refractivity contribution in [3.05, 3.63) is 48.6 Å². The molecule has 0 radical (unpaired) electrons. The van der Waals surface area contributed by atoms with Crippen molar-refractivity contribution in [1.29, 1.82) is 0 Å². The van der Waals surface area contributed by atoms with Crippen LogP contribution in [0.1, 0.15) is 213 Å². The largest absolute Gasteiger partial charge is 0.462 e. The van der Waals surface area contributed by atoms with Crippen molar-refractivity contribution in [3.8, 4) is 0 Å². The van der Waals surface area contributed by atoms with Gasteiger partial charge in [-0.25, -0.2) is 0 Å². The smallest absolute Gasteiger partial charge is 0.306 e. The number of allylic oxidation sites excluding steroid dienone is 8. The molecule has 0 amide bonds. The standard InChI is InChI=1S/C46H82O5/c1-3-5-7-9-11-13-15-17-19-21-22-23-25-26-28-30-32-34-36-38-40-45(48)50-43-44(42-47)51-46(49)41-39-37-35-33-31-29-27-24-20-18-16-14-12-10-8-6-4-2/h12,14,18,20,27,29,33,35,44,47H,3-11,13,15-17,19,21-26,28,30-32,34,36-43H2,1-2H3/b14-12+,20-18+,29-27+,35-33+/t44-/m0/s1. The maximum Gasteiger partial charge on any atom is 0.306 e. The van der Waals surface area contributed by atoms with Crippen LogP contribution in [-0.4, -0.2) is 36.4 Å². The third-order valence-corrected chi connectivity index (χ3v) is 9.38. The summed E-state index contributed by atoms with van der Waals surface area (Å²) >= 11 is 0. The van der Waals surface area contributed by atoms with Crippen molar-refractivity contribution in [2.45, 2.75) is 219 Å². The predicted octanol–water partition coefficient (Wildman–Crippen LogP) is 13.8. The minimum absolute atomic E-state index is 0.0859. The Kier molecular flexibility index (Phi) is 40.5. The van der Waals surface area contributed by atoms with Gasteiger partial charge in [-0.15, -0.1) is 0 Å². The lowest BCUT2D eigenvalue weighted by Gasteiger charge is -2.15. The van der Waals surface area contributed by atoms with E-state index in [4.69, 9.17) is 9.47 Å². The van der Waals surface area contributed by atoms with Gasteiger partial charge in [0.25, 0.3) is 0 Å². The molecule has 5 nitrogen and oxygen atoms in total. The summed E-state index contributed by atoms with van der Waals surface area (Å²) in [6.45, 7) is 4.08. The average Bonchev–Trinajstić information content (AvgIpc) is 3.13. The summed E-state index contributed by atoms with van der Waals surface area (Å²) in [5, 5.41) is 9.57. The topological polar surface area (TPSA) is 72.8 Å². The number of esters is 2. The van der Waals surface area contributed by atoms with Crippen molar-refractivity contribution < 1.29 is 24.2 Å². The summed E-state index contributed by atoms with van der Waals surface area (Å²) < 4.78 is 10.6. The molecule has 5 heteroatoms. The first-order chi connectivity index (χ1) is 25.1. The second kappa shape index (κ2) is 42.3. The molecule has 1 N–H and O–H groups in total. The van der Waals surface area contributed by atoms with E-state index in [1.165, 1.54) is 135 Å². The lowest BCUT2D eigenvalue weighted by Crippen LogP contribution is -2.28. The van der Waals surface area contributed by atoms with Gasteiger partial charge in [0.2, 0.25) is 0 Å². The van der Waals surface area contributed by atoms with Gasteiger partial charge in [0, 0.05) is 12.8 Å². The zero-order valence-electron chi connectivity index (χ0n) is 33.6. The molecule has 0 aliphatic heterocycles. The van der Waals surface area contributed by atoms with Gasteiger partial charge in [-0.3, -0.25) is 9.59 Å². The number of aliphatic hydroxyl groups excluding tert-OH is 1. The summed E-state index contributed by atoms with van der Waals surface area (Å²) in [7, 11) is 0. The van der Waals surface area contributed by atoms with E-state index in [0.717, 1.165) is 44.9 Å². The van der Waals surface area contributed by atoms with Gasteiger partial charge in [-0.05, 0) is 51.4 Å². The third kappa shape index (κ3) is 40.5. The Hall–Kier alpha value is -2.14. The zero-order valence-corrected chi connectivity index (χ0v) is 33.6. The number of ether oxygens (including phenoxy) is 2. The lowest BCUT2D eigenvalue weighted by molar-refractivity contribution is -0.161. The Morgan fingerprint density at radius 1 is 0.451 bits per heavy atom. The molecule has 0 spiro atoms. The molecule has 296 valence electrons. The van der Waals surface area contributed by atoms with Crippen LogP contribution in [0.3, 0.4) is 0 Å². The van der Waals surface area contributed by atoms with Gasteiger partial charge in [-0.2, -0.15) is 0 Å². The van der Waals surface area contributed by atoms with Crippen LogP contribution in [0, 0.1) is 0 Å². The Labute approximate surface area is 316 Å². The third-order valence-electron chi connectivity index (χ3n) is 9.38. The van der Waals surface area contributed by atoms with E-state index in [0.29, 0.717) is 12.8 Å². The number of rotatable bonds is 39. The molecule has 0 aromatic carbocycles. The number of aliphatic hydroxyl groups is 1. The quantitative estimate of drug-likeness (QED) is 0.0390. The summed E-state index contributed by atoms with van der Waals surface area (Å²) in [6.07, 6.45) is 53.3. The molecule has 0 fully saturated rings. The molecular weight excluding hydrogens is 633 g/mol. The fourth-order valence-electron chi connectivity index (χ4n) is 6.08. The van der Waals surface area contributed by atoms with Crippen molar-refractivity contribution in [1.82, 2.24) is 0 Å². The first-order valence-corrected chi connectivity index (χ1v) is 21.7. The monoisotopic (exact) mass is 715 g/mol. The van der Waals surface area contributed by atoms with Crippen LogP contribution in [-0.2, 0) is 19.1 Å². The van der Waals surface area contributed by atoms with Gasteiger partial charge < -0.3 is 14.6 Å². The highest BCUT2D eigenvalue weighted by molar-refractivity contribution is 5.70. The molecule has 0 rings (SSSR count). The predicted molar refractivity (Wildman–Crippen MR) is 219 cm³/mol. The Morgan fingerprint density at radius 2 is 0.804 bits per heavy atom. The van der Waals surface area contributed by atoms with Gasteiger partial charge in [-0.1, -0.05) is 197 Å². The first kappa shape index (κ1) is 48.9. The van der Waals surface area contributed by atoms with Gasteiger partial charge in [0.1, 0.15) is 6.61 Å². The molecule has 0 saturated carbocycles. The van der Waals surface area contributed by atoms with Crippen LogP contribution >= 0.6 is 0 Å². The summed E-state index contributed by atoms with van der Waals surface area (Å²) in [5.74, 6) is -0.650. The van der Waals surface area contributed by atoms with Crippen molar-refractivity contribution >= 4 is 11.9 Å². The Balaban J connectivity index is 3.59. The van der Waals surface area contributed by atoms with E-state index < -0.39 is 6.10 Å². The molecule has 0 unspecified atom stereocenters. The maximum absolute atomic E-state index is 12.2. The summed E-state index contributed by atoms with van der Waals surface area (Å²) in [4.78, 5) is 24.3. The van der Waals surface area contributed by atoms with Gasteiger partial charge in [0.05, 0.1) is 6.61 Å². The fourth-order valence-corrected chi connectivity index (χ4v) is 6.08. The van der Waals surface area contributed by atoms with E-state index in [1.807, 2.05) is 0 Å². The average molecular weight is 715 g/mol. The SMILES string of the molecule is CCCCC/C=C/C/C=C/C/C=C/C/C=C/CCCC(=O)O[C@@H](CO)COC(=O)CCCCCCCCCCCCCCCCCCCCCC. The molecule has 0 aromatic heterocycles. The lowest BCUT2D eigenvalue weighted by atomic mass is 10.0. The first-order valence-electron chi connectivity index (χ1n) is 21.7. The van der Waals surface area contributed by atoms with Crippen LogP contribution < -0.4 is 0 Å². The van der Waals surface area contributed by atoms with Crippen molar-refractivity contribution in [3.63, 3.8) is 0 Å². The van der Waals surface area contributed by atoms with Crippen LogP contribution in [0.2, 0.25) is 0 Å². The molecule has 0 aliphatic carbocycles. The minimum atomic E-state index is -0.798. The van der Waals surface area contributed by atoms with Crippen LogP contribution in [0.25, 0.3) is 0 Å². The van der Waals surface area contributed by atoms with Crippen molar-refractivity contribution in [2.24, 2.45) is 0 Å². The molecule has 0 saturated heterocycles. The Morgan fingerprint density at radius 3 is 1.24 bits per heavy atom. The number of hydrogen-bond acceptors (Lipinski definition) is 5. The number of carbonyl (C=O) groups is 2. The van der Waals surface area contributed by atoms with Crippen LogP contribution in [0.15, 0.2) is 48.6 Å². The maximum atomic E-state index is 12.2. The van der Waals surface area contributed by atoms with E-state index in [2.05, 4.69) is 62.5 Å². The number of hydrogen-bond donors (Lipinski definition) is 1. The van der Waals surface area contributed by atoms with E-state index in [9.17, 15) is 14.7 Å². The molecular formula is C46H82O5. The molecule has 0 heterocycles. The fraction of sp³-hybridized carbons (Fsp3) is 0.783. The van der Waals surface area contributed by atoms with Crippen LogP contribution in [0.4, 0.5) is 0 Å². The number of carbonyl (C=O) groups excluding carboxylic acids is 2. The molecule has 0 aliphatic rings. The minimum Gasteiger partial charge on any atom is -0.462 e. The van der Waals surface area contributed by atoms with Gasteiger partial charge in [0.15, 0.2) is 6.10 Å². The Bertz CT molecular complexity index is 858. The highest BCUT2D eigenvalue weighted by Crippen LogP contribution is 2.15. The zero-order chi connectivity index (χ0) is 37.1. The highest BCUT2D eigenvalue weighted by atomic mass is 16.6. The summed E-state index contributed by atoms with van der Waals surface area (Å²) in [6, 6.07) is 0. The van der Waals surface area contributed by atoms with E-state index in [-0.39, 0.29) is 31.6 Å². The van der Waals surface area contributed by atoms with Gasteiger partial charge >= 0.3 is 11.9 Å². The highest BCUT2D eigenvalue weighted by Gasteiger charge is 2.16. The molecule has 0 bridgehead atoms.